The molecule has 0 radical (unpaired) electrons. The Kier molecular flexibility index (Phi) is 2.45. The van der Waals surface area contributed by atoms with E-state index in [2.05, 4.69) is 0 Å². The number of fused-ring (bicyclic) bond motifs is 4. The van der Waals surface area contributed by atoms with Gasteiger partial charge in [-0.3, -0.25) is 4.79 Å². The summed E-state index contributed by atoms with van der Waals surface area (Å²) < 4.78 is 0. The van der Waals surface area contributed by atoms with E-state index in [1.807, 2.05) is 54.6 Å². The molecule has 0 spiro atoms. The first-order chi connectivity index (χ1) is 9.74. The molecule has 96 valence electrons. The molecule has 0 bridgehead atoms. The smallest absolute Gasteiger partial charge is 0.194 e. The lowest BCUT2D eigenvalue weighted by Crippen LogP contribution is -2.15. The Hall–Kier alpha value is -2.12. The fourth-order valence-electron chi connectivity index (χ4n) is 3.00. The number of halogens is 1. The number of carbonyl (C=O) groups excluding carboxylic acids is 1. The highest BCUT2D eigenvalue weighted by Gasteiger charge is 2.24. The van der Waals surface area contributed by atoms with Crippen LogP contribution in [0, 0.1) is 0 Å². The van der Waals surface area contributed by atoms with E-state index in [0.29, 0.717) is 5.02 Å². The third-order valence-electron chi connectivity index (χ3n) is 3.94. The van der Waals surface area contributed by atoms with Gasteiger partial charge in [0.25, 0.3) is 0 Å². The van der Waals surface area contributed by atoms with Gasteiger partial charge in [-0.15, -0.1) is 0 Å². The maximum Gasteiger partial charge on any atom is 0.194 e. The van der Waals surface area contributed by atoms with Gasteiger partial charge in [-0.1, -0.05) is 54.1 Å². The predicted molar refractivity (Wildman–Crippen MR) is 81.6 cm³/mol. The van der Waals surface area contributed by atoms with E-state index < -0.39 is 0 Å². The normalized spacial score (nSPS) is 13.2. The van der Waals surface area contributed by atoms with Gasteiger partial charge >= 0.3 is 0 Å². The van der Waals surface area contributed by atoms with Crippen LogP contribution in [-0.4, -0.2) is 5.78 Å². The summed E-state index contributed by atoms with van der Waals surface area (Å²) in [6, 6.07) is 17.6. The van der Waals surface area contributed by atoms with Crippen molar-refractivity contribution in [1.29, 1.82) is 0 Å². The van der Waals surface area contributed by atoms with Crippen LogP contribution in [0.4, 0.5) is 0 Å². The fraction of sp³-hybridized carbons (Fsp3) is 0.0556. The molecule has 1 aliphatic rings. The Morgan fingerprint density at radius 1 is 0.900 bits per heavy atom. The maximum absolute atomic E-state index is 12.8. The molecule has 2 heteroatoms. The van der Waals surface area contributed by atoms with E-state index in [4.69, 9.17) is 11.6 Å². The molecular formula is C18H11ClO. The number of ketones is 1. The van der Waals surface area contributed by atoms with Crippen LogP contribution < -0.4 is 0 Å². The Labute approximate surface area is 121 Å². The molecule has 20 heavy (non-hydrogen) atoms. The molecule has 0 saturated heterocycles. The van der Waals surface area contributed by atoms with Crippen molar-refractivity contribution >= 4 is 28.2 Å². The minimum atomic E-state index is 0.120. The molecule has 0 fully saturated rings. The van der Waals surface area contributed by atoms with E-state index in [0.717, 1.165) is 39.4 Å². The summed E-state index contributed by atoms with van der Waals surface area (Å²) in [5.41, 5.74) is 3.86. The first-order valence-electron chi connectivity index (χ1n) is 6.58. The van der Waals surface area contributed by atoms with Gasteiger partial charge in [0.1, 0.15) is 0 Å². The third-order valence-corrected chi connectivity index (χ3v) is 4.17. The zero-order chi connectivity index (χ0) is 13.7. The van der Waals surface area contributed by atoms with Gasteiger partial charge in [-0.05, 0) is 40.5 Å². The van der Waals surface area contributed by atoms with Gasteiger partial charge in [0, 0.05) is 16.1 Å². The van der Waals surface area contributed by atoms with E-state index in [1.54, 1.807) is 0 Å². The minimum Gasteiger partial charge on any atom is -0.289 e. The number of rotatable bonds is 0. The van der Waals surface area contributed by atoms with Crippen molar-refractivity contribution < 1.29 is 4.79 Å². The first-order valence-corrected chi connectivity index (χ1v) is 6.95. The Bertz CT molecular complexity index is 864. The van der Waals surface area contributed by atoms with Gasteiger partial charge in [0.15, 0.2) is 5.78 Å². The van der Waals surface area contributed by atoms with Crippen LogP contribution in [0.2, 0.25) is 5.02 Å². The Morgan fingerprint density at radius 2 is 1.75 bits per heavy atom. The zero-order valence-corrected chi connectivity index (χ0v) is 11.4. The van der Waals surface area contributed by atoms with E-state index in [1.165, 1.54) is 0 Å². The summed E-state index contributed by atoms with van der Waals surface area (Å²) in [5, 5.41) is 2.71. The highest BCUT2D eigenvalue weighted by molar-refractivity contribution is 6.31. The van der Waals surface area contributed by atoms with Crippen molar-refractivity contribution in [3.8, 4) is 0 Å². The topological polar surface area (TPSA) is 17.1 Å². The Balaban J connectivity index is 2.04. The zero-order valence-electron chi connectivity index (χ0n) is 10.7. The van der Waals surface area contributed by atoms with Gasteiger partial charge in [-0.2, -0.15) is 0 Å². The molecular weight excluding hydrogens is 268 g/mol. The number of hydrogen-bond donors (Lipinski definition) is 0. The summed E-state index contributed by atoms with van der Waals surface area (Å²) >= 11 is 6.03. The second-order valence-electron chi connectivity index (χ2n) is 5.13. The van der Waals surface area contributed by atoms with Crippen molar-refractivity contribution in [1.82, 2.24) is 0 Å². The largest absolute Gasteiger partial charge is 0.289 e. The van der Waals surface area contributed by atoms with Crippen LogP contribution >= 0.6 is 11.6 Å². The molecule has 0 amide bonds. The van der Waals surface area contributed by atoms with E-state index in [9.17, 15) is 4.79 Å². The van der Waals surface area contributed by atoms with Crippen LogP contribution in [0.1, 0.15) is 27.0 Å². The van der Waals surface area contributed by atoms with Crippen molar-refractivity contribution in [2.45, 2.75) is 6.42 Å². The average molecular weight is 279 g/mol. The number of hydrogen-bond acceptors (Lipinski definition) is 1. The molecule has 0 unspecified atom stereocenters. The molecule has 0 aliphatic heterocycles. The third kappa shape index (κ3) is 1.60. The highest BCUT2D eigenvalue weighted by atomic mass is 35.5. The molecule has 0 N–H and O–H groups in total. The molecule has 0 heterocycles. The molecule has 0 atom stereocenters. The lowest BCUT2D eigenvalue weighted by Gasteiger charge is -2.20. The van der Waals surface area contributed by atoms with Gasteiger partial charge in [0.2, 0.25) is 0 Å². The summed E-state index contributed by atoms with van der Waals surface area (Å²) in [4.78, 5) is 12.8. The number of carbonyl (C=O) groups is 1. The number of benzene rings is 3. The highest BCUT2D eigenvalue weighted by Crippen LogP contribution is 2.33. The summed E-state index contributed by atoms with van der Waals surface area (Å²) in [5.74, 6) is 0.120. The lowest BCUT2D eigenvalue weighted by molar-refractivity contribution is 0.103. The van der Waals surface area contributed by atoms with Gasteiger partial charge < -0.3 is 0 Å². The molecule has 0 saturated carbocycles. The summed E-state index contributed by atoms with van der Waals surface area (Å²) in [6.07, 6.45) is 0.815. The van der Waals surface area contributed by atoms with Crippen LogP contribution in [0.25, 0.3) is 10.8 Å². The average Bonchev–Trinajstić information content (AvgIpc) is 2.47. The minimum absolute atomic E-state index is 0.120. The van der Waals surface area contributed by atoms with E-state index in [-0.39, 0.29) is 5.78 Å². The van der Waals surface area contributed by atoms with Crippen LogP contribution in [-0.2, 0) is 6.42 Å². The first kappa shape index (κ1) is 11.7. The standard InChI is InChI=1S/C18H11ClO/c19-14-7-8-15-12(10-14)5-6-13-9-11-3-1-2-4-16(11)18(20)17(13)15/h1-8,10H,9H2. The lowest BCUT2D eigenvalue weighted by atomic mass is 9.82. The van der Waals surface area contributed by atoms with Crippen LogP contribution in [0.3, 0.4) is 0 Å². The molecule has 3 aromatic carbocycles. The predicted octanol–water partition coefficient (Wildman–Crippen LogP) is 4.63. The molecule has 0 aromatic heterocycles. The summed E-state index contributed by atoms with van der Waals surface area (Å²) in [6.45, 7) is 0. The maximum atomic E-state index is 12.8. The molecule has 4 rings (SSSR count). The van der Waals surface area contributed by atoms with Crippen LogP contribution in [0.15, 0.2) is 54.6 Å². The molecule has 1 aliphatic carbocycles. The van der Waals surface area contributed by atoms with Gasteiger partial charge in [-0.25, -0.2) is 0 Å². The SMILES string of the molecule is O=C1c2ccccc2Cc2ccc3cc(Cl)ccc3c21. The monoisotopic (exact) mass is 278 g/mol. The van der Waals surface area contributed by atoms with Crippen molar-refractivity contribution in [2.75, 3.05) is 0 Å². The van der Waals surface area contributed by atoms with E-state index >= 15 is 0 Å². The fourth-order valence-corrected chi connectivity index (χ4v) is 3.18. The van der Waals surface area contributed by atoms with Gasteiger partial charge in [0.05, 0.1) is 0 Å². The second-order valence-corrected chi connectivity index (χ2v) is 5.56. The van der Waals surface area contributed by atoms with Crippen molar-refractivity contribution in [3.63, 3.8) is 0 Å². The second kappa shape index (κ2) is 4.19. The van der Waals surface area contributed by atoms with Crippen molar-refractivity contribution in [2.24, 2.45) is 0 Å². The van der Waals surface area contributed by atoms with Crippen molar-refractivity contribution in [3.05, 3.63) is 81.9 Å². The molecule has 3 aromatic rings. The quantitative estimate of drug-likeness (QED) is 0.458. The summed E-state index contributed by atoms with van der Waals surface area (Å²) in [7, 11) is 0. The Morgan fingerprint density at radius 3 is 2.65 bits per heavy atom. The molecule has 1 nitrogen and oxygen atoms in total. The van der Waals surface area contributed by atoms with Crippen LogP contribution in [0.5, 0.6) is 0 Å².